The molecule has 0 radical (unpaired) electrons. The summed E-state index contributed by atoms with van der Waals surface area (Å²) >= 11 is 7.19. The SMILES string of the molecule is COCCCn1c(SCC(F)F)nnc1-c1ccccc1Cl. The predicted octanol–water partition coefficient (Wildman–Crippen LogP) is 3.99. The van der Waals surface area contributed by atoms with Crippen LogP contribution in [0.25, 0.3) is 11.4 Å². The number of aromatic nitrogens is 3. The number of ether oxygens (including phenoxy) is 1. The molecule has 0 saturated carbocycles. The first-order chi connectivity index (χ1) is 10.6. The quantitative estimate of drug-likeness (QED) is 0.534. The van der Waals surface area contributed by atoms with E-state index >= 15 is 0 Å². The Labute approximate surface area is 136 Å². The van der Waals surface area contributed by atoms with Gasteiger partial charge in [-0.2, -0.15) is 0 Å². The third-order valence-corrected chi connectivity index (χ3v) is 4.21. The minimum atomic E-state index is -2.39. The number of halogens is 3. The van der Waals surface area contributed by atoms with Gasteiger partial charge in [0.15, 0.2) is 11.0 Å². The van der Waals surface area contributed by atoms with Crippen LogP contribution >= 0.6 is 23.4 Å². The van der Waals surface area contributed by atoms with Crippen LogP contribution < -0.4 is 0 Å². The lowest BCUT2D eigenvalue weighted by Crippen LogP contribution is -2.06. The number of thioether (sulfide) groups is 1. The summed E-state index contributed by atoms with van der Waals surface area (Å²) < 4.78 is 31.7. The average molecular weight is 348 g/mol. The van der Waals surface area contributed by atoms with E-state index in [1.807, 2.05) is 22.8 Å². The van der Waals surface area contributed by atoms with Crippen molar-refractivity contribution in [1.82, 2.24) is 14.8 Å². The predicted molar refractivity (Wildman–Crippen MR) is 83.7 cm³/mol. The summed E-state index contributed by atoms with van der Waals surface area (Å²) in [6, 6.07) is 7.27. The third kappa shape index (κ3) is 4.41. The van der Waals surface area contributed by atoms with Crippen LogP contribution in [0, 0.1) is 0 Å². The lowest BCUT2D eigenvalue weighted by atomic mass is 10.2. The first kappa shape index (κ1) is 17.2. The molecule has 8 heteroatoms. The highest BCUT2D eigenvalue weighted by atomic mass is 35.5. The summed E-state index contributed by atoms with van der Waals surface area (Å²) in [6.07, 6.45) is -1.66. The fourth-order valence-corrected chi connectivity index (χ4v) is 2.87. The highest BCUT2D eigenvalue weighted by molar-refractivity contribution is 7.99. The summed E-state index contributed by atoms with van der Waals surface area (Å²) in [4.78, 5) is 0. The topological polar surface area (TPSA) is 39.9 Å². The van der Waals surface area contributed by atoms with Crippen molar-refractivity contribution in [2.75, 3.05) is 19.5 Å². The molecule has 0 aliphatic rings. The van der Waals surface area contributed by atoms with E-state index in [1.165, 1.54) is 0 Å². The molecule has 0 fully saturated rings. The van der Waals surface area contributed by atoms with E-state index in [0.717, 1.165) is 23.7 Å². The van der Waals surface area contributed by atoms with Gasteiger partial charge in [-0.3, -0.25) is 0 Å². The van der Waals surface area contributed by atoms with Crippen LogP contribution in [0.3, 0.4) is 0 Å². The van der Waals surface area contributed by atoms with Crippen LogP contribution in [0.15, 0.2) is 29.4 Å². The number of hydrogen-bond acceptors (Lipinski definition) is 4. The van der Waals surface area contributed by atoms with E-state index in [1.54, 1.807) is 13.2 Å². The smallest absolute Gasteiger partial charge is 0.248 e. The second kappa shape index (κ2) is 8.45. The van der Waals surface area contributed by atoms with Crippen molar-refractivity contribution < 1.29 is 13.5 Å². The molecule has 0 atom stereocenters. The van der Waals surface area contributed by atoms with Crippen LogP contribution in [0.2, 0.25) is 5.02 Å². The number of methoxy groups -OCH3 is 1. The third-order valence-electron chi connectivity index (χ3n) is 2.90. The second-order valence-corrected chi connectivity index (χ2v) is 5.88. The summed E-state index contributed by atoms with van der Waals surface area (Å²) in [5, 5.41) is 9.17. The monoisotopic (exact) mass is 347 g/mol. The Kier molecular flexibility index (Phi) is 6.60. The molecule has 0 saturated heterocycles. The molecule has 22 heavy (non-hydrogen) atoms. The summed E-state index contributed by atoms with van der Waals surface area (Å²) in [7, 11) is 1.62. The van der Waals surface area contributed by atoms with E-state index < -0.39 is 6.43 Å². The van der Waals surface area contributed by atoms with E-state index in [9.17, 15) is 8.78 Å². The van der Waals surface area contributed by atoms with Crippen molar-refractivity contribution in [3.8, 4) is 11.4 Å². The molecule has 2 aromatic rings. The van der Waals surface area contributed by atoms with Crippen LogP contribution in [0.5, 0.6) is 0 Å². The maximum atomic E-state index is 12.4. The number of alkyl halides is 2. The maximum Gasteiger partial charge on any atom is 0.248 e. The van der Waals surface area contributed by atoms with E-state index in [-0.39, 0.29) is 5.75 Å². The van der Waals surface area contributed by atoms with Gasteiger partial charge in [0.05, 0.1) is 10.8 Å². The second-order valence-electron chi connectivity index (χ2n) is 4.49. The zero-order valence-electron chi connectivity index (χ0n) is 12.0. The van der Waals surface area contributed by atoms with Crippen LogP contribution in [0.1, 0.15) is 6.42 Å². The Morgan fingerprint density at radius 2 is 2.09 bits per heavy atom. The largest absolute Gasteiger partial charge is 0.385 e. The molecule has 2 rings (SSSR count). The normalized spacial score (nSPS) is 11.3. The van der Waals surface area contributed by atoms with E-state index in [2.05, 4.69) is 10.2 Å². The van der Waals surface area contributed by atoms with Crippen molar-refractivity contribution in [2.24, 2.45) is 0 Å². The lowest BCUT2D eigenvalue weighted by Gasteiger charge is -2.10. The number of hydrogen-bond donors (Lipinski definition) is 0. The van der Waals surface area contributed by atoms with Gasteiger partial charge in [-0.1, -0.05) is 35.5 Å². The molecule has 0 aliphatic carbocycles. The van der Waals surface area contributed by atoms with Crippen molar-refractivity contribution in [2.45, 2.75) is 24.5 Å². The molecule has 0 N–H and O–H groups in total. The standard InChI is InChI=1S/C14H16ClF2N3OS/c1-21-8-4-7-20-13(10-5-2-3-6-11(10)15)18-19-14(20)22-9-12(16)17/h2-3,5-6,12H,4,7-9H2,1H3. The Hall–Kier alpha value is -1.18. The average Bonchev–Trinajstić information content (AvgIpc) is 2.89. The van der Waals surface area contributed by atoms with E-state index in [4.69, 9.17) is 16.3 Å². The van der Waals surface area contributed by atoms with Gasteiger partial charge in [0, 0.05) is 25.8 Å². The molecule has 120 valence electrons. The van der Waals surface area contributed by atoms with Gasteiger partial charge in [-0.25, -0.2) is 8.78 Å². The Morgan fingerprint density at radius 1 is 1.32 bits per heavy atom. The van der Waals surface area contributed by atoms with Gasteiger partial charge in [-0.05, 0) is 18.6 Å². The van der Waals surface area contributed by atoms with Gasteiger partial charge in [0.25, 0.3) is 0 Å². The zero-order chi connectivity index (χ0) is 15.9. The molecule has 0 amide bonds. The van der Waals surface area contributed by atoms with Crippen molar-refractivity contribution >= 4 is 23.4 Å². The minimum absolute atomic E-state index is 0.315. The molecular weight excluding hydrogens is 332 g/mol. The lowest BCUT2D eigenvalue weighted by molar-refractivity contribution is 0.176. The summed E-state index contributed by atoms with van der Waals surface area (Å²) in [5.41, 5.74) is 0.734. The molecule has 4 nitrogen and oxygen atoms in total. The molecule has 1 heterocycles. The van der Waals surface area contributed by atoms with Crippen molar-refractivity contribution in [3.63, 3.8) is 0 Å². The maximum absolute atomic E-state index is 12.4. The fourth-order valence-electron chi connectivity index (χ4n) is 1.94. The first-order valence-electron chi connectivity index (χ1n) is 6.71. The van der Waals surface area contributed by atoms with Gasteiger partial charge >= 0.3 is 0 Å². The fraction of sp³-hybridized carbons (Fsp3) is 0.429. The van der Waals surface area contributed by atoms with Gasteiger partial charge in [0.1, 0.15) is 0 Å². The van der Waals surface area contributed by atoms with Crippen molar-refractivity contribution in [1.29, 1.82) is 0 Å². The zero-order valence-corrected chi connectivity index (χ0v) is 13.6. The van der Waals surface area contributed by atoms with Crippen molar-refractivity contribution in [3.05, 3.63) is 29.3 Å². The Balaban J connectivity index is 2.30. The van der Waals surface area contributed by atoms with E-state index in [0.29, 0.717) is 29.2 Å². The molecule has 1 aromatic carbocycles. The molecular formula is C14H16ClF2N3OS. The highest BCUT2D eigenvalue weighted by Crippen LogP contribution is 2.29. The Morgan fingerprint density at radius 3 is 2.77 bits per heavy atom. The Bertz CT molecular complexity index is 610. The van der Waals surface area contributed by atoms with Gasteiger partial charge in [-0.15, -0.1) is 10.2 Å². The highest BCUT2D eigenvalue weighted by Gasteiger charge is 2.17. The number of rotatable bonds is 8. The number of benzene rings is 1. The van der Waals surface area contributed by atoms with Crippen LogP contribution in [-0.4, -0.2) is 40.7 Å². The summed E-state index contributed by atoms with van der Waals surface area (Å²) in [6.45, 7) is 1.14. The van der Waals surface area contributed by atoms with Gasteiger partial charge in [0.2, 0.25) is 6.43 Å². The van der Waals surface area contributed by atoms with Crippen LogP contribution in [0.4, 0.5) is 8.78 Å². The van der Waals surface area contributed by atoms with Gasteiger partial charge < -0.3 is 9.30 Å². The minimum Gasteiger partial charge on any atom is -0.385 e. The first-order valence-corrected chi connectivity index (χ1v) is 8.07. The molecule has 1 aromatic heterocycles. The molecule has 0 spiro atoms. The number of nitrogens with zero attached hydrogens (tertiary/aromatic N) is 3. The van der Waals surface area contributed by atoms with Crippen LogP contribution in [-0.2, 0) is 11.3 Å². The summed E-state index contributed by atoms with van der Waals surface area (Å²) in [5.74, 6) is 0.267. The molecule has 0 unspecified atom stereocenters. The molecule has 0 bridgehead atoms. The molecule has 0 aliphatic heterocycles.